The quantitative estimate of drug-likeness (QED) is 0.448. The molecule has 0 unspecified atom stereocenters. The lowest BCUT2D eigenvalue weighted by Gasteiger charge is -2.08. The smallest absolute Gasteiger partial charge is 0.338 e. The minimum absolute atomic E-state index is 0.353. The van der Waals surface area contributed by atoms with Crippen molar-refractivity contribution >= 4 is 41.1 Å². The number of carbonyl (C=O) groups excluding carboxylic acids is 3. The number of amides is 2. The van der Waals surface area contributed by atoms with E-state index in [0.717, 1.165) is 10.5 Å². The minimum Gasteiger partial charge on any atom is -0.452 e. The molecule has 0 fully saturated rings. The Bertz CT molecular complexity index is 796. The molecular formula is C18H17ClN2O4S. The molecule has 0 saturated carbocycles. The van der Waals surface area contributed by atoms with Crippen molar-refractivity contribution in [1.29, 1.82) is 0 Å². The monoisotopic (exact) mass is 392 g/mol. The molecule has 0 atom stereocenters. The zero-order chi connectivity index (χ0) is 18.9. The Kier molecular flexibility index (Phi) is 7.50. The number of rotatable bonds is 6. The summed E-state index contributed by atoms with van der Waals surface area (Å²) >= 11 is 7.48. The highest BCUT2D eigenvalue weighted by atomic mass is 35.5. The summed E-state index contributed by atoms with van der Waals surface area (Å²) in [6, 6.07) is 14.5. The molecule has 2 amide bonds. The largest absolute Gasteiger partial charge is 0.452 e. The van der Waals surface area contributed by atoms with E-state index in [1.54, 1.807) is 30.0 Å². The van der Waals surface area contributed by atoms with Gasteiger partial charge in [0.05, 0.1) is 5.56 Å². The lowest BCUT2D eigenvalue weighted by Crippen LogP contribution is -2.42. The van der Waals surface area contributed by atoms with Gasteiger partial charge in [-0.2, -0.15) is 0 Å². The maximum atomic E-state index is 12.0. The predicted molar refractivity (Wildman–Crippen MR) is 99.7 cm³/mol. The van der Waals surface area contributed by atoms with Gasteiger partial charge in [-0.25, -0.2) is 4.79 Å². The van der Waals surface area contributed by atoms with Crippen molar-refractivity contribution in [2.24, 2.45) is 0 Å². The molecule has 0 aliphatic heterocycles. The number of hydrogen-bond donors (Lipinski definition) is 2. The summed E-state index contributed by atoms with van der Waals surface area (Å²) in [5.41, 5.74) is 5.53. The maximum absolute atomic E-state index is 12.0. The van der Waals surface area contributed by atoms with Gasteiger partial charge in [0.1, 0.15) is 0 Å². The number of nitrogens with one attached hydrogen (secondary N) is 2. The van der Waals surface area contributed by atoms with Crippen LogP contribution in [-0.4, -0.2) is 24.4 Å². The number of esters is 1. The Morgan fingerprint density at radius 1 is 1.08 bits per heavy atom. The normalized spacial score (nSPS) is 10.1. The van der Waals surface area contributed by atoms with Crippen molar-refractivity contribution < 1.29 is 19.1 Å². The minimum atomic E-state index is -0.622. The van der Waals surface area contributed by atoms with Crippen LogP contribution in [0.2, 0.25) is 5.02 Å². The first-order valence-electron chi connectivity index (χ1n) is 7.64. The highest BCUT2D eigenvalue weighted by Crippen LogP contribution is 2.24. The van der Waals surface area contributed by atoms with Crippen LogP contribution in [0.4, 0.5) is 0 Å². The summed E-state index contributed by atoms with van der Waals surface area (Å²) in [6.45, 7) is 0.767. The number of hydrazine groups is 1. The molecule has 136 valence electrons. The summed E-state index contributed by atoms with van der Waals surface area (Å²) in [7, 11) is 0. The molecule has 2 aromatic rings. The van der Waals surface area contributed by atoms with E-state index in [2.05, 4.69) is 10.9 Å². The van der Waals surface area contributed by atoms with Crippen molar-refractivity contribution in [2.45, 2.75) is 17.6 Å². The van der Waals surface area contributed by atoms with Crippen LogP contribution in [0.5, 0.6) is 0 Å². The SMILES string of the molecule is CC(=O)NNC(=O)COC(=O)c1cccc(CSc2ccc(Cl)cc2)c1. The Morgan fingerprint density at radius 2 is 1.81 bits per heavy atom. The topological polar surface area (TPSA) is 84.5 Å². The van der Waals surface area contributed by atoms with Gasteiger partial charge >= 0.3 is 5.97 Å². The van der Waals surface area contributed by atoms with Gasteiger partial charge in [-0.05, 0) is 42.0 Å². The van der Waals surface area contributed by atoms with Gasteiger partial charge in [0.15, 0.2) is 6.61 Å². The van der Waals surface area contributed by atoms with Crippen molar-refractivity contribution in [3.05, 3.63) is 64.7 Å². The van der Waals surface area contributed by atoms with Gasteiger partial charge in [0, 0.05) is 22.6 Å². The van der Waals surface area contributed by atoms with E-state index in [4.69, 9.17) is 16.3 Å². The molecule has 0 spiro atoms. The molecular weight excluding hydrogens is 376 g/mol. The highest BCUT2D eigenvalue weighted by Gasteiger charge is 2.11. The lowest BCUT2D eigenvalue weighted by atomic mass is 10.1. The van der Waals surface area contributed by atoms with Crippen LogP contribution in [-0.2, 0) is 20.1 Å². The molecule has 0 radical (unpaired) electrons. The first kappa shape index (κ1) is 19.8. The van der Waals surface area contributed by atoms with Crippen molar-refractivity contribution in [3.8, 4) is 0 Å². The Hall–Kier alpha value is -2.51. The summed E-state index contributed by atoms with van der Waals surface area (Å²) in [5.74, 6) is -0.980. The Balaban J connectivity index is 1.87. The Morgan fingerprint density at radius 3 is 2.50 bits per heavy atom. The van der Waals surface area contributed by atoms with Crippen molar-refractivity contribution in [1.82, 2.24) is 10.9 Å². The van der Waals surface area contributed by atoms with E-state index in [0.29, 0.717) is 16.3 Å². The molecule has 26 heavy (non-hydrogen) atoms. The fourth-order valence-electron chi connectivity index (χ4n) is 1.89. The average Bonchev–Trinajstić information content (AvgIpc) is 2.64. The molecule has 0 bridgehead atoms. The van der Waals surface area contributed by atoms with Crippen LogP contribution in [0.3, 0.4) is 0 Å². The van der Waals surface area contributed by atoms with Gasteiger partial charge < -0.3 is 4.74 Å². The molecule has 0 aliphatic rings. The molecule has 0 aliphatic carbocycles. The van der Waals surface area contributed by atoms with E-state index in [9.17, 15) is 14.4 Å². The third-order valence-electron chi connectivity index (χ3n) is 3.09. The number of thioether (sulfide) groups is 1. The molecule has 2 N–H and O–H groups in total. The highest BCUT2D eigenvalue weighted by molar-refractivity contribution is 7.98. The van der Waals surface area contributed by atoms with Crippen molar-refractivity contribution in [2.75, 3.05) is 6.61 Å². The van der Waals surface area contributed by atoms with Gasteiger partial charge in [0.25, 0.3) is 5.91 Å². The predicted octanol–water partition coefficient (Wildman–Crippen LogP) is 2.96. The first-order chi connectivity index (χ1) is 12.4. The zero-order valence-corrected chi connectivity index (χ0v) is 15.5. The van der Waals surface area contributed by atoms with Crippen LogP contribution in [0.15, 0.2) is 53.4 Å². The fraction of sp³-hybridized carbons (Fsp3) is 0.167. The van der Waals surface area contributed by atoms with Gasteiger partial charge in [0.2, 0.25) is 5.91 Å². The van der Waals surface area contributed by atoms with E-state index >= 15 is 0 Å². The summed E-state index contributed by atoms with van der Waals surface area (Å²) in [6.07, 6.45) is 0. The van der Waals surface area contributed by atoms with Crippen LogP contribution < -0.4 is 10.9 Å². The number of ether oxygens (including phenoxy) is 1. The standard InChI is InChI=1S/C18H17ClN2O4S/c1-12(22)20-21-17(23)10-25-18(24)14-4-2-3-13(9-14)11-26-16-7-5-15(19)6-8-16/h2-9H,10-11H2,1H3,(H,20,22)(H,21,23). The third kappa shape index (κ3) is 6.78. The maximum Gasteiger partial charge on any atom is 0.338 e. The second kappa shape index (κ2) is 9.84. The lowest BCUT2D eigenvalue weighted by molar-refractivity contribution is -0.129. The van der Waals surface area contributed by atoms with E-state index in [-0.39, 0.29) is 0 Å². The number of carbonyl (C=O) groups is 3. The van der Waals surface area contributed by atoms with E-state index in [1.807, 2.05) is 30.3 Å². The molecule has 6 nitrogen and oxygen atoms in total. The van der Waals surface area contributed by atoms with Crippen LogP contribution >= 0.6 is 23.4 Å². The molecule has 8 heteroatoms. The van der Waals surface area contributed by atoms with Gasteiger partial charge in [-0.15, -0.1) is 11.8 Å². The first-order valence-corrected chi connectivity index (χ1v) is 9.00. The van der Waals surface area contributed by atoms with Gasteiger partial charge in [-0.1, -0.05) is 23.7 Å². The molecule has 0 aromatic heterocycles. The number of halogens is 1. The molecule has 0 heterocycles. The Labute approximate surface area is 160 Å². The van der Waals surface area contributed by atoms with Gasteiger partial charge in [-0.3, -0.25) is 20.4 Å². The van der Waals surface area contributed by atoms with Crippen LogP contribution in [0.25, 0.3) is 0 Å². The number of benzene rings is 2. The fourth-order valence-corrected chi connectivity index (χ4v) is 2.86. The summed E-state index contributed by atoms with van der Waals surface area (Å²) in [5, 5.41) is 0.682. The summed E-state index contributed by atoms with van der Waals surface area (Å²) in [4.78, 5) is 35.2. The third-order valence-corrected chi connectivity index (χ3v) is 4.43. The van der Waals surface area contributed by atoms with E-state index < -0.39 is 24.4 Å². The molecule has 2 aromatic carbocycles. The zero-order valence-electron chi connectivity index (χ0n) is 14.0. The molecule has 2 rings (SSSR count). The second-order valence-corrected chi connectivity index (χ2v) is 6.73. The second-order valence-electron chi connectivity index (χ2n) is 5.25. The number of hydrogen-bond acceptors (Lipinski definition) is 5. The van der Waals surface area contributed by atoms with E-state index in [1.165, 1.54) is 6.92 Å². The van der Waals surface area contributed by atoms with Crippen molar-refractivity contribution in [3.63, 3.8) is 0 Å². The average molecular weight is 393 g/mol. The molecule has 0 saturated heterocycles. The summed E-state index contributed by atoms with van der Waals surface area (Å²) < 4.78 is 4.93. The van der Waals surface area contributed by atoms with Crippen LogP contribution in [0, 0.1) is 0 Å². The van der Waals surface area contributed by atoms with Crippen LogP contribution in [0.1, 0.15) is 22.8 Å².